The second-order valence-corrected chi connectivity index (χ2v) is 10.1. The monoisotopic (exact) mass is 415 g/mol. The summed E-state index contributed by atoms with van der Waals surface area (Å²) in [4.78, 5) is 13.7. The number of amides is 1. The van der Waals surface area contributed by atoms with E-state index in [1.165, 1.54) is 16.9 Å². The Morgan fingerprint density at radius 1 is 1.29 bits per heavy atom. The van der Waals surface area contributed by atoms with Gasteiger partial charge in [-0.2, -0.15) is 5.10 Å². The third-order valence-electron chi connectivity index (χ3n) is 4.92. The topological polar surface area (TPSA) is 81.1 Å². The molecule has 1 N–H and O–H groups in total. The Morgan fingerprint density at radius 3 is 2.68 bits per heavy atom. The van der Waals surface area contributed by atoms with Crippen LogP contribution in [0.3, 0.4) is 0 Å². The van der Waals surface area contributed by atoms with Crippen molar-refractivity contribution < 1.29 is 13.2 Å². The summed E-state index contributed by atoms with van der Waals surface area (Å²) in [6, 6.07) is 13.1. The molecule has 28 heavy (non-hydrogen) atoms. The van der Waals surface area contributed by atoms with Crippen LogP contribution in [0.4, 0.5) is 5.69 Å². The molecule has 1 saturated heterocycles. The number of carbonyl (C=O) groups excluding carboxylic acids is 1. The lowest BCUT2D eigenvalue weighted by Gasteiger charge is -2.12. The van der Waals surface area contributed by atoms with Gasteiger partial charge in [-0.25, -0.2) is 8.42 Å². The maximum atomic E-state index is 12.7. The van der Waals surface area contributed by atoms with Gasteiger partial charge in [0.2, 0.25) is 0 Å². The van der Waals surface area contributed by atoms with E-state index in [0.717, 1.165) is 17.0 Å². The van der Waals surface area contributed by atoms with E-state index in [0.29, 0.717) is 12.1 Å². The molecule has 0 bridgehead atoms. The van der Waals surface area contributed by atoms with Gasteiger partial charge in [-0.15, -0.1) is 11.3 Å². The molecule has 2 aromatic heterocycles. The molecule has 4 rings (SSSR count). The van der Waals surface area contributed by atoms with E-state index in [1.54, 1.807) is 10.7 Å². The summed E-state index contributed by atoms with van der Waals surface area (Å²) < 4.78 is 25.6. The number of sulfone groups is 1. The first-order valence-corrected chi connectivity index (χ1v) is 11.9. The van der Waals surface area contributed by atoms with E-state index >= 15 is 0 Å². The van der Waals surface area contributed by atoms with Crippen LogP contribution in [-0.2, 0) is 16.3 Å². The van der Waals surface area contributed by atoms with Crippen molar-refractivity contribution in [2.24, 2.45) is 0 Å². The molecular weight excluding hydrogens is 394 g/mol. The molecule has 3 aromatic rings. The number of anilines is 1. The zero-order chi connectivity index (χ0) is 19.7. The largest absolute Gasteiger partial charge is 0.321 e. The molecule has 1 aromatic carbocycles. The number of aromatic nitrogens is 2. The number of hydrogen-bond donors (Lipinski definition) is 1. The molecule has 146 valence electrons. The highest BCUT2D eigenvalue weighted by Crippen LogP contribution is 2.32. The summed E-state index contributed by atoms with van der Waals surface area (Å²) >= 11 is 1.54. The van der Waals surface area contributed by atoms with Crippen molar-refractivity contribution in [2.45, 2.75) is 25.8 Å². The standard InChI is InChI=1S/C20H21N3O3S2/c1-2-14-5-7-15(8-6-14)21-20(24)17-12-18(19-4-3-10-27-19)23(22-17)16-9-11-28(25,26)13-16/h3-8,10,12,16H,2,9,11,13H2,1H3,(H,21,24). The fraction of sp³-hybridized carbons (Fsp3) is 0.300. The summed E-state index contributed by atoms with van der Waals surface area (Å²) in [7, 11) is -3.05. The third kappa shape index (κ3) is 3.88. The van der Waals surface area contributed by atoms with Gasteiger partial charge in [-0.05, 0) is 48.1 Å². The Labute approximate surface area is 168 Å². The van der Waals surface area contributed by atoms with Crippen molar-refractivity contribution in [3.63, 3.8) is 0 Å². The quantitative estimate of drug-likeness (QED) is 0.687. The lowest BCUT2D eigenvalue weighted by Crippen LogP contribution is -2.16. The average Bonchev–Trinajstić information content (AvgIpc) is 3.40. The lowest BCUT2D eigenvalue weighted by molar-refractivity contribution is 0.102. The zero-order valence-corrected chi connectivity index (χ0v) is 17.1. The van der Waals surface area contributed by atoms with Crippen molar-refractivity contribution in [2.75, 3.05) is 16.8 Å². The minimum Gasteiger partial charge on any atom is -0.321 e. The summed E-state index contributed by atoms with van der Waals surface area (Å²) in [5.41, 5.74) is 2.97. The zero-order valence-electron chi connectivity index (χ0n) is 15.5. The fourth-order valence-corrected chi connectivity index (χ4v) is 5.81. The molecule has 0 saturated carbocycles. The van der Waals surface area contributed by atoms with E-state index in [9.17, 15) is 13.2 Å². The summed E-state index contributed by atoms with van der Waals surface area (Å²) in [5.74, 6) is -0.0825. The average molecular weight is 416 g/mol. The van der Waals surface area contributed by atoms with Crippen LogP contribution in [0.25, 0.3) is 10.6 Å². The minimum atomic E-state index is -3.05. The molecule has 0 radical (unpaired) electrons. The highest BCUT2D eigenvalue weighted by Gasteiger charge is 2.32. The Balaban J connectivity index is 1.63. The molecule has 0 aliphatic carbocycles. The maximum absolute atomic E-state index is 12.7. The van der Waals surface area contributed by atoms with Gasteiger partial charge in [0.1, 0.15) is 0 Å². The van der Waals surface area contributed by atoms with Crippen LogP contribution in [0.1, 0.15) is 35.4 Å². The number of nitrogens with one attached hydrogen (secondary N) is 1. The number of rotatable bonds is 5. The number of thiophene rings is 1. The molecule has 1 unspecified atom stereocenters. The first kappa shape index (κ1) is 18.9. The van der Waals surface area contributed by atoms with E-state index in [1.807, 2.05) is 41.8 Å². The Hall–Kier alpha value is -2.45. The SMILES string of the molecule is CCc1ccc(NC(=O)c2cc(-c3cccs3)n(C3CCS(=O)(=O)C3)n2)cc1. The van der Waals surface area contributed by atoms with Crippen LogP contribution in [-0.4, -0.2) is 35.6 Å². The Bertz CT molecular complexity index is 1080. The van der Waals surface area contributed by atoms with E-state index in [2.05, 4.69) is 17.3 Å². The Kier molecular flexibility index (Phi) is 5.07. The predicted molar refractivity (Wildman–Crippen MR) is 112 cm³/mol. The minimum absolute atomic E-state index is 0.0621. The Morgan fingerprint density at radius 2 is 2.07 bits per heavy atom. The van der Waals surface area contributed by atoms with Crippen molar-refractivity contribution in [3.8, 4) is 10.6 Å². The molecule has 8 heteroatoms. The van der Waals surface area contributed by atoms with Gasteiger partial charge >= 0.3 is 0 Å². The van der Waals surface area contributed by atoms with E-state index in [-0.39, 0.29) is 29.1 Å². The van der Waals surface area contributed by atoms with Crippen LogP contribution >= 0.6 is 11.3 Å². The van der Waals surface area contributed by atoms with Gasteiger partial charge in [0, 0.05) is 5.69 Å². The number of aryl methyl sites for hydroxylation is 1. The molecule has 1 fully saturated rings. The van der Waals surface area contributed by atoms with Gasteiger partial charge in [0.15, 0.2) is 15.5 Å². The van der Waals surface area contributed by atoms with Crippen molar-refractivity contribution >= 4 is 32.8 Å². The number of carbonyl (C=O) groups is 1. The lowest BCUT2D eigenvalue weighted by atomic mass is 10.1. The second kappa shape index (κ2) is 7.52. The number of benzene rings is 1. The van der Waals surface area contributed by atoms with E-state index < -0.39 is 9.84 Å². The summed E-state index contributed by atoms with van der Waals surface area (Å²) in [5, 5.41) is 9.31. The highest BCUT2D eigenvalue weighted by molar-refractivity contribution is 7.91. The fourth-order valence-electron chi connectivity index (χ4n) is 3.38. The van der Waals surface area contributed by atoms with Gasteiger partial charge in [0.25, 0.3) is 5.91 Å². The molecule has 1 amide bonds. The molecule has 6 nitrogen and oxygen atoms in total. The molecule has 1 aliphatic rings. The number of hydrogen-bond acceptors (Lipinski definition) is 5. The van der Waals surface area contributed by atoms with Crippen LogP contribution in [0.2, 0.25) is 0 Å². The van der Waals surface area contributed by atoms with Crippen LogP contribution in [0.5, 0.6) is 0 Å². The predicted octanol–water partition coefficient (Wildman–Crippen LogP) is 3.79. The molecule has 0 spiro atoms. The highest BCUT2D eigenvalue weighted by atomic mass is 32.2. The molecule has 1 atom stereocenters. The normalized spacial score (nSPS) is 18.2. The summed E-state index contributed by atoms with van der Waals surface area (Å²) in [6.45, 7) is 2.08. The van der Waals surface area contributed by atoms with Gasteiger partial charge in [-0.3, -0.25) is 9.48 Å². The maximum Gasteiger partial charge on any atom is 0.276 e. The van der Waals surface area contributed by atoms with Crippen molar-refractivity contribution in [3.05, 3.63) is 59.1 Å². The van der Waals surface area contributed by atoms with E-state index in [4.69, 9.17) is 0 Å². The van der Waals surface area contributed by atoms with Crippen LogP contribution in [0, 0.1) is 0 Å². The van der Waals surface area contributed by atoms with Crippen molar-refractivity contribution in [1.82, 2.24) is 9.78 Å². The summed E-state index contributed by atoms with van der Waals surface area (Å²) in [6.07, 6.45) is 1.45. The number of nitrogens with zero attached hydrogens (tertiary/aromatic N) is 2. The molecule has 1 aliphatic heterocycles. The first-order valence-electron chi connectivity index (χ1n) is 9.19. The molecular formula is C20H21N3O3S2. The third-order valence-corrected chi connectivity index (χ3v) is 7.56. The molecule has 3 heterocycles. The first-order chi connectivity index (χ1) is 13.4. The van der Waals surface area contributed by atoms with Gasteiger partial charge in [-0.1, -0.05) is 25.1 Å². The van der Waals surface area contributed by atoms with Gasteiger partial charge < -0.3 is 5.32 Å². The van der Waals surface area contributed by atoms with Crippen LogP contribution in [0.15, 0.2) is 47.8 Å². The second-order valence-electron chi connectivity index (χ2n) is 6.90. The van der Waals surface area contributed by atoms with Crippen LogP contribution < -0.4 is 5.32 Å². The van der Waals surface area contributed by atoms with Crippen molar-refractivity contribution in [1.29, 1.82) is 0 Å². The smallest absolute Gasteiger partial charge is 0.276 e. The van der Waals surface area contributed by atoms with Gasteiger partial charge in [0.05, 0.1) is 28.1 Å².